The maximum atomic E-state index is 11.5. The number of rotatable bonds is 2. The molecule has 2 heterocycles. The minimum Gasteiger partial charge on any atom is -0.366 e. The molecule has 0 unspecified atom stereocenters. The van der Waals surface area contributed by atoms with Crippen LogP contribution >= 0.6 is 11.6 Å². The zero-order valence-corrected chi connectivity index (χ0v) is 9.20. The standard InChI is InChI=1S/C10H10ClN3O2/c11-7-5-13-8(4-6(7)10(12)16)14-3-1-2-9(14)15/h4-5H,1-3H2,(H2,12,16). The zero-order valence-electron chi connectivity index (χ0n) is 8.44. The number of nitrogens with two attached hydrogens (primary N) is 1. The predicted octanol–water partition coefficient (Wildman–Crippen LogP) is 0.961. The lowest BCUT2D eigenvalue weighted by Crippen LogP contribution is -2.25. The van der Waals surface area contributed by atoms with Gasteiger partial charge in [0.15, 0.2) is 0 Å². The second-order valence-corrected chi connectivity index (χ2v) is 3.94. The number of carbonyl (C=O) groups is 2. The Morgan fingerprint density at radius 1 is 1.56 bits per heavy atom. The van der Waals surface area contributed by atoms with Crippen molar-refractivity contribution >= 4 is 29.2 Å². The number of primary amides is 1. The van der Waals surface area contributed by atoms with Crippen molar-refractivity contribution in [2.24, 2.45) is 5.73 Å². The fourth-order valence-corrected chi connectivity index (χ4v) is 1.85. The Morgan fingerprint density at radius 3 is 2.88 bits per heavy atom. The van der Waals surface area contributed by atoms with Gasteiger partial charge in [-0.05, 0) is 12.5 Å². The van der Waals surface area contributed by atoms with Gasteiger partial charge in [-0.1, -0.05) is 11.6 Å². The van der Waals surface area contributed by atoms with E-state index >= 15 is 0 Å². The van der Waals surface area contributed by atoms with Gasteiger partial charge in [0.05, 0.1) is 10.6 Å². The van der Waals surface area contributed by atoms with Gasteiger partial charge < -0.3 is 5.73 Å². The van der Waals surface area contributed by atoms with E-state index in [-0.39, 0.29) is 16.5 Å². The minimum atomic E-state index is -0.625. The van der Waals surface area contributed by atoms with Crippen LogP contribution in [0.2, 0.25) is 5.02 Å². The van der Waals surface area contributed by atoms with Crippen molar-refractivity contribution in [3.63, 3.8) is 0 Å². The Labute approximate surface area is 97.2 Å². The lowest BCUT2D eigenvalue weighted by Gasteiger charge is -2.15. The number of amides is 2. The van der Waals surface area contributed by atoms with Crippen molar-refractivity contribution < 1.29 is 9.59 Å². The average Bonchev–Trinajstić information content (AvgIpc) is 2.65. The van der Waals surface area contributed by atoms with E-state index in [1.165, 1.54) is 17.2 Å². The van der Waals surface area contributed by atoms with Crippen LogP contribution < -0.4 is 10.6 Å². The van der Waals surface area contributed by atoms with Crippen LogP contribution in [-0.4, -0.2) is 23.3 Å². The molecule has 0 radical (unpaired) electrons. The van der Waals surface area contributed by atoms with Crippen molar-refractivity contribution in [2.45, 2.75) is 12.8 Å². The van der Waals surface area contributed by atoms with Crippen LogP contribution in [0, 0.1) is 0 Å². The summed E-state index contributed by atoms with van der Waals surface area (Å²) >= 11 is 5.77. The number of anilines is 1. The van der Waals surface area contributed by atoms with E-state index in [1.54, 1.807) is 0 Å². The molecule has 1 fully saturated rings. The molecule has 84 valence electrons. The number of halogens is 1. The summed E-state index contributed by atoms with van der Waals surface area (Å²) in [5.41, 5.74) is 5.35. The average molecular weight is 240 g/mol. The second kappa shape index (κ2) is 4.09. The van der Waals surface area contributed by atoms with Crippen molar-refractivity contribution in [3.8, 4) is 0 Å². The van der Waals surface area contributed by atoms with Crippen molar-refractivity contribution in [1.82, 2.24) is 4.98 Å². The molecule has 0 bridgehead atoms. The van der Waals surface area contributed by atoms with E-state index in [9.17, 15) is 9.59 Å². The highest BCUT2D eigenvalue weighted by molar-refractivity contribution is 6.33. The number of aromatic nitrogens is 1. The summed E-state index contributed by atoms with van der Waals surface area (Å²) in [6, 6.07) is 1.45. The highest BCUT2D eigenvalue weighted by Crippen LogP contribution is 2.23. The third-order valence-corrected chi connectivity index (χ3v) is 2.76. The Hall–Kier alpha value is -1.62. The highest BCUT2D eigenvalue weighted by atomic mass is 35.5. The number of nitrogens with zero attached hydrogens (tertiary/aromatic N) is 2. The van der Waals surface area contributed by atoms with E-state index in [2.05, 4.69) is 4.98 Å². The summed E-state index contributed by atoms with van der Waals surface area (Å²) in [5, 5.41) is 0.197. The normalized spacial score (nSPS) is 15.6. The molecule has 0 aliphatic carbocycles. The van der Waals surface area contributed by atoms with Crippen LogP contribution in [0.1, 0.15) is 23.2 Å². The first-order valence-electron chi connectivity index (χ1n) is 4.85. The molecule has 1 aliphatic rings. The maximum Gasteiger partial charge on any atom is 0.250 e. The first-order valence-corrected chi connectivity index (χ1v) is 5.23. The molecule has 6 heteroatoms. The van der Waals surface area contributed by atoms with Crippen LogP contribution in [0.3, 0.4) is 0 Å². The van der Waals surface area contributed by atoms with Crippen molar-refractivity contribution in [1.29, 1.82) is 0 Å². The lowest BCUT2D eigenvalue weighted by atomic mass is 10.2. The predicted molar refractivity (Wildman–Crippen MR) is 59.4 cm³/mol. The molecule has 0 atom stereocenters. The lowest BCUT2D eigenvalue weighted by molar-refractivity contribution is -0.117. The molecule has 2 N–H and O–H groups in total. The summed E-state index contributed by atoms with van der Waals surface area (Å²) in [5.74, 6) is -0.189. The van der Waals surface area contributed by atoms with E-state index in [1.807, 2.05) is 0 Å². The van der Waals surface area contributed by atoms with Gasteiger partial charge in [0.25, 0.3) is 0 Å². The van der Waals surface area contributed by atoms with Crippen LogP contribution in [0.5, 0.6) is 0 Å². The van der Waals surface area contributed by atoms with E-state index in [0.29, 0.717) is 18.8 Å². The van der Waals surface area contributed by atoms with Gasteiger partial charge in [0, 0.05) is 19.2 Å². The van der Waals surface area contributed by atoms with Crippen molar-refractivity contribution in [3.05, 3.63) is 22.8 Å². The number of hydrogen-bond donors (Lipinski definition) is 1. The van der Waals surface area contributed by atoms with Crippen LogP contribution in [0.4, 0.5) is 5.82 Å². The molecule has 1 aromatic rings. The first-order chi connectivity index (χ1) is 7.59. The fourth-order valence-electron chi connectivity index (χ4n) is 1.65. The summed E-state index contributed by atoms with van der Waals surface area (Å²) in [4.78, 5) is 28.1. The monoisotopic (exact) mass is 239 g/mol. The molecule has 0 aromatic carbocycles. The Kier molecular flexibility index (Phi) is 2.78. The highest BCUT2D eigenvalue weighted by Gasteiger charge is 2.23. The summed E-state index contributed by atoms with van der Waals surface area (Å²) < 4.78 is 0. The molecular formula is C10H10ClN3O2. The maximum absolute atomic E-state index is 11.5. The Morgan fingerprint density at radius 2 is 2.31 bits per heavy atom. The molecule has 0 saturated carbocycles. The minimum absolute atomic E-state index is 0.00485. The fraction of sp³-hybridized carbons (Fsp3) is 0.300. The topological polar surface area (TPSA) is 76.3 Å². The molecule has 2 rings (SSSR count). The second-order valence-electron chi connectivity index (χ2n) is 3.54. The van der Waals surface area contributed by atoms with Gasteiger partial charge in [-0.2, -0.15) is 0 Å². The molecule has 2 amide bonds. The van der Waals surface area contributed by atoms with Crippen LogP contribution in [-0.2, 0) is 4.79 Å². The smallest absolute Gasteiger partial charge is 0.250 e. The quantitative estimate of drug-likeness (QED) is 0.835. The molecule has 1 aromatic heterocycles. The largest absolute Gasteiger partial charge is 0.366 e. The van der Waals surface area contributed by atoms with Crippen molar-refractivity contribution in [2.75, 3.05) is 11.4 Å². The third-order valence-electron chi connectivity index (χ3n) is 2.46. The SMILES string of the molecule is NC(=O)c1cc(N2CCCC2=O)ncc1Cl. The molecular weight excluding hydrogens is 230 g/mol. The van der Waals surface area contributed by atoms with E-state index in [0.717, 1.165) is 6.42 Å². The van der Waals surface area contributed by atoms with Gasteiger partial charge in [-0.25, -0.2) is 4.98 Å². The van der Waals surface area contributed by atoms with Gasteiger partial charge in [0.2, 0.25) is 11.8 Å². The van der Waals surface area contributed by atoms with E-state index < -0.39 is 5.91 Å². The zero-order chi connectivity index (χ0) is 11.7. The molecule has 1 saturated heterocycles. The summed E-state index contributed by atoms with van der Waals surface area (Å²) in [6.45, 7) is 0.617. The Balaban J connectivity index is 2.39. The summed E-state index contributed by atoms with van der Waals surface area (Å²) in [7, 11) is 0. The van der Waals surface area contributed by atoms with Crippen LogP contribution in [0.25, 0.3) is 0 Å². The molecule has 0 spiro atoms. The number of carbonyl (C=O) groups excluding carboxylic acids is 2. The van der Waals surface area contributed by atoms with E-state index in [4.69, 9.17) is 17.3 Å². The van der Waals surface area contributed by atoms with Gasteiger partial charge in [-0.3, -0.25) is 14.5 Å². The first kappa shape index (κ1) is 10.9. The molecule has 5 nitrogen and oxygen atoms in total. The third kappa shape index (κ3) is 1.86. The molecule has 16 heavy (non-hydrogen) atoms. The van der Waals surface area contributed by atoms with Gasteiger partial charge in [0.1, 0.15) is 5.82 Å². The number of pyridine rings is 1. The molecule has 1 aliphatic heterocycles. The van der Waals surface area contributed by atoms with Crippen LogP contribution in [0.15, 0.2) is 12.3 Å². The van der Waals surface area contributed by atoms with Gasteiger partial charge in [-0.15, -0.1) is 0 Å². The summed E-state index contributed by atoms with van der Waals surface area (Å²) in [6.07, 6.45) is 2.65. The van der Waals surface area contributed by atoms with Gasteiger partial charge >= 0.3 is 0 Å². The number of hydrogen-bond acceptors (Lipinski definition) is 3. The Bertz CT molecular complexity index is 461.